The molecule has 0 spiro atoms. The van der Waals surface area contributed by atoms with Gasteiger partial charge in [-0.15, -0.1) is 5.10 Å². The van der Waals surface area contributed by atoms with Crippen molar-refractivity contribution in [2.45, 2.75) is 39.2 Å². The minimum atomic E-state index is 0.534. The van der Waals surface area contributed by atoms with Gasteiger partial charge in [-0.2, -0.15) is 0 Å². The Morgan fingerprint density at radius 1 is 1.50 bits per heavy atom. The Bertz CT molecular complexity index is 256. The molecular formula is C10H20N4. The van der Waals surface area contributed by atoms with Crippen molar-refractivity contribution in [1.29, 1.82) is 0 Å². The number of nitrogens with zero attached hydrogens (tertiary/aromatic N) is 3. The second-order valence-electron chi connectivity index (χ2n) is 3.65. The van der Waals surface area contributed by atoms with Gasteiger partial charge in [0.05, 0.1) is 5.69 Å². The molecule has 1 aromatic rings. The Labute approximate surface area is 85.7 Å². The van der Waals surface area contributed by atoms with E-state index in [1.165, 1.54) is 6.42 Å². The molecule has 1 heterocycles. The van der Waals surface area contributed by atoms with Gasteiger partial charge in [-0.1, -0.05) is 19.1 Å². The van der Waals surface area contributed by atoms with Gasteiger partial charge in [0.1, 0.15) is 0 Å². The summed E-state index contributed by atoms with van der Waals surface area (Å²) in [7, 11) is 1.90. The quantitative estimate of drug-likeness (QED) is 0.742. The van der Waals surface area contributed by atoms with Crippen molar-refractivity contribution in [3.8, 4) is 0 Å². The highest BCUT2D eigenvalue weighted by Crippen LogP contribution is 2.01. The smallest absolute Gasteiger partial charge is 0.0842 e. The van der Waals surface area contributed by atoms with Crippen LogP contribution >= 0.6 is 0 Å². The molecule has 0 aromatic carbocycles. The number of aromatic nitrogens is 3. The summed E-state index contributed by atoms with van der Waals surface area (Å²) in [6, 6.07) is 0.534. The molecule has 0 saturated carbocycles. The lowest BCUT2D eigenvalue weighted by Crippen LogP contribution is -2.31. The highest BCUT2D eigenvalue weighted by Gasteiger charge is 2.08. The summed E-state index contributed by atoms with van der Waals surface area (Å²) < 4.78 is 1.75. The highest BCUT2D eigenvalue weighted by atomic mass is 15.4. The van der Waals surface area contributed by atoms with Gasteiger partial charge in [-0.05, 0) is 19.4 Å². The number of hydrogen-bond acceptors (Lipinski definition) is 3. The van der Waals surface area contributed by atoms with E-state index in [1.807, 2.05) is 13.2 Å². The van der Waals surface area contributed by atoms with Crippen LogP contribution in [0.2, 0.25) is 0 Å². The molecule has 80 valence electrons. The minimum Gasteiger partial charge on any atom is -0.314 e. The average Bonchev–Trinajstić information content (AvgIpc) is 2.58. The lowest BCUT2D eigenvalue weighted by atomic mass is 10.1. The van der Waals surface area contributed by atoms with Gasteiger partial charge in [0, 0.05) is 25.7 Å². The Kier molecular flexibility index (Phi) is 4.59. The maximum Gasteiger partial charge on any atom is 0.0842 e. The van der Waals surface area contributed by atoms with E-state index in [4.69, 9.17) is 0 Å². The summed E-state index contributed by atoms with van der Waals surface area (Å²) in [5, 5.41) is 11.5. The van der Waals surface area contributed by atoms with E-state index in [9.17, 15) is 0 Å². The Balaban J connectivity index is 2.40. The summed E-state index contributed by atoms with van der Waals surface area (Å²) in [5.41, 5.74) is 1.07. The van der Waals surface area contributed by atoms with E-state index < -0.39 is 0 Å². The van der Waals surface area contributed by atoms with Crippen LogP contribution in [0, 0.1) is 0 Å². The van der Waals surface area contributed by atoms with E-state index in [-0.39, 0.29) is 0 Å². The fourth-order valence-corrected chi connectivity index (χ4v) is 1.45. The van der Waals surface area contributed by atoms with Crippen molar-refractivity contribution in [2.24, 2.45) is 7.05 Å². The van der Waals surface area contributed by atoms with E-state index in [0.29, 0.717) is 6.04 Å². The van der Waals surface area contributed by atoms with Crippen LogP contribution in [-0.4, -0.2) is 27.6 Å². The molecule has 0 aliphatic rings. The van der Waals surface area contributed by atoms with Gasteiger partial charge in [-0.25, -0.2) is 0 Å². The van der Waals surface area contributed by atoms with Crippen LogP contribution in [0.1, 0.15) is 32.4 Å². The fourth-order valence-electron chi connectivity index (χ4n) is 1.45. The molecule has 0 saturated heterocycles. The lowest BCUT2D eigenvalue weighted by Gasteiger charge is -2.14. The molecule has 0 fully saturated rings. The number of aryl methyl sites for hydroxylation is 1. The molecule has 0 amide bonds. The molecule has 1 rings (SSSR count). The summed E-state index contributed by atoms with van der Waals surface area (Å²) >= 11 is 0. The molecular weight excluding hydrogens is 176 g/mol. The van der Waals surface area contributed by atoms with Crippen LogP contribution in [0.5, 0.6) is 0 Å². The highest BCUT2D eigenvalue weighted by molar-refractivity contribution is 4.95. The summed E-state index contributed by atoms with van der Waals surface area (Å²) in [6.07, 6.45) is 5.27. The van der Waals surface area contributed by atoms with Crippen LogP contribution in [0.4, 0.5) is 0 Å². The van der Waals surface area contributed by atoms with Crippen molar-refractivity contribution in [3.05, 3.63) is 11.9 Å². The molecule has 4 heteroatoms. The first kappa shape index (κ1) is 11.2. The minimum absolute atomic E-state index is 0.534. The Morgan fingerprint density at radius 3 is 2.79 bits per heavy atom. The van der Waals surface area contributed by atoms with Crippen LogP contribution in [0.15, 0.2) is 6.20 Å². The molecule has 0 aliphatic heterocycles. The number of nitrogens with one attached hydrogen (secondary N) is 1. The SMILES string of the molecule is CCCNC(CC)Cc1cn(C)nn1. The van der Waals surface area contributed by atoms with E-state index in [2.05, 4.69) is 29.5 Å². The molecule has 1 unspecified atom stereocenters. The Morgan fingerprint density at radius 2 is 2.29 bits per heavy atom. The molecule has 0 aliphatic carbocycles. The maximum absolute atomic E-state index is 4.08. The summed E-state index contributed by atoms with van der Waals surface area (Å²) in [6.45, 7) is 5.46. The Hall–Kier alpha value is -0.900. The van der Waals surface area contributed by atoms with Crippen LogP contribution in [-0.2, 0) is 13.5 Å². The average molecular weight is 196 g/mol. The number of hydrogen-bond donors (Lipinski definition) is 1. The zero-order chi connectivity index (χ0) is 10.4. The predicted molar refractivity (Wildman–Crippen MR) is 57.1 cm³/mol. The first-order valence-corrected chi connectivity index (χ1v) is 5.34. The van der Waals surface area contributed by atoms with Crippen molar-refractivity contribution >= 4 is 0 Å². The third-order valence-corrected chi connectivity index (χ3v) is 2.28. The van der Waals surface area contributed by atoms with Crippen molar-refractivity contribution in [1.82, 2.24) is 20.3 Å². The van der Waals surface area contributed by atoms with Crippen molar-refractivity contribution in [3.63, 3.8) is 0 Å². The van der Waals surface area contributed by atoms with E-state index in [1.54, 1.807) is 4.68 Å². The summed E-state index contributed by atoms with van der Waals surface area (Å²) in [5.74, 6) is 0. The fraction of sp³-hybridized carbons (Fsp3) is 0.800. The lowest BCUT2D eigenvalue weighted by molar-refractivity contribution is 0.490. The molecule has 4 nitrogen and oxygen atoms in total. The van der Waals surface area contributed by atoms with Gasteiger partial charge < -0.3 is 5.32 Å². The third kappa shape index (κ3) is 3.46. The van der Waals surface area contributed by atoms with Crippen molar-refractivity contribution in [2.75, 3.05) is 6.54 Å². The zero-order valence-corrected chi connectivity index (χ0v) is 9.32. The second-order valence-corrected chi connectivity index (χ2v) is 3.65. The van der Waals surface area contributed by atoms with Crippen LogP contribution < -0.4 is 5.32 Å². The van der Waals surface area contributed by atoms with Gasteiger partial charge in [0.15, 0.2) is 0 Å². The monoisotopic (exact) mass is 196 g/mol. The van der Waals surface area contributed by atoms with Gasteiger partial charge in [0.2, 0.25) is 0 Å². The maximum atomic E-state index is 4.08. The van der Waals surface area contributed by atoms with Gasteiger partial charge in [-0.3, -0.25) is 4.68 Å². The number of rotatable bonds is 6. The molecule has 14 heavy (non-hydrogen) atoms. The zero-order valence-electron chi connectivity index (χ0n) is 9.32. The third-order valence-electron chi connectivity index (χ3n) is 2.28. The second kappa shape index (κ2) is 5.75. The topological polar surface area (TPSA) is 42.7 Å². The van der Waals surface area contributed by atoms with Crippen LogP contribution in [0.25, 0.3) is 0 Å². The largest absolute Gasteiger partial charge is 0.314 e. The molecule has 0 bridgehead atoms. The van der Waals surface area contributed by atoms with Crippen molar-refractivity contribution < 1.29 is 0 Å². The first-order valence-electron chi connectivity index (χ1n) is 5.34. The van der Waals surface area contributed by atoms with Crippen LogP contribution in [0.3, 0.4) is 0 Å². The predicted octanol–water partition coefficient (Wildman–Crippen LogP) is 1.14. The standard InChI is InChI=1S/C10H20N4/c1-4-6-11-9(5-2)7-10-8-14(3)13-12-10/h8-9,11H,4-7H2,1-3H3. The normalized spacial score (nSPS) is 13.1. The van der Waals surface area contributed by atoms with Gasteiger partial charge >= 0.3 is 0 Å². The van der Waals surface area contributed by atoms with E-state index in [0.717, 1.165) is 25.1 Å². The molecule has 1 aromatic heterocycles. The van der Waals surface area contributed by atoms with E-state index >= 15 is 0 Å². The molecule has 0 radical (unpaired) electrons. The molecule has 1 N–H and O–H groups in total. The first-order chi connectivity index (χ1) is 6.76. The van der Waals surface area contributed by atoms with Gasteiger partial charge in [0.25, 0.3) is 0 Å². The molecule has 1 atom stereocenters. The summed E-state index contributed by atoms with van der Waals surface area (Å²) in [4.78, 5) is 0.